The Balaban J connectivity index is 1.39. The van der Waals surface area contributed by atoms with Crippen molar-refractivity contribution < 1.29 is 0 Å². The van der Waals surface area contributed by atoms with Crippen molar-refractivity contribution in [3.8, 4) is 11.8 Å². The summed E-state index contributed by atoms with van der Waals surface area (Å²) < 4.78 is 2.44. The zero-order valence-electron chi connectivity index (χ0n) is 22.7. The van der Waals surface area contributed by atoms with Crippen molar-refractivity contribution in [3.05, 3.63) is 137 Å². The average Bonchev–Trinajstić information content (AvgIpc) is 3.31. The molecule has 194 valence electrons. The molecule has 1 atom stereocenters. The smallest absolute Gasteiger partial charge is 0.148 e. The number of rotatable bonds is 3. The molecule has 1 aromatic heterocycles. The number of amidine groups is 1. The molecule has 40 heavy (non-hydrogen) atoms. The minimum atomic E-state index is -0.133. The van der Waals surface area contributed by atoms with Gasteiger partial charge in [0.25, 0.3) is 0 Å². The predicted octanol–water partition coefficient (Wildman–Crippen LogP) is 8.04. The second kappa shape index (κ2) is 9.39. The maximum Gasteiger partial charge on any atom is 0.148 e. The molecule has 0 saturated heterocycles. The van der Waals surface area contributed by atoms with Crippen LogP contribution in [0.25, 0.3) is 27.5 Å². The number of aliphatic imine (C=N–C) groups is 1. The van der Waals surface area contributed by atoms with Gasteiger partial charge in [-0.2, -0.15) is 5.26 Å². The first-order valence-corrected chi connectivity index (χ1v) is 13.9. The van der Waals surface area contributed by atoms with Gasteiger partial charge in [0.15, 0.2) is 0 Å². The van der Waals surface area contributed by atoms with Gasteiger partial charge in [-0.05, 0) is 65.3 Å². The summed E-state index contributed by atoms with van der Waals surface area (Å²) in [5.74, 6) is 0.872. The molecule has 2 heterocycles. The third-order valence-electron chi connectivity index (χ3n) is 8.24. The molecule has 0 amide bonds. The van der Waals surface area contributed by atoms with Crippen LogP contribution >= 0.6 is 0 Å². The first-order valence-electron chi connectivity index (χ1n) is 13.9. The predicted molar refractivity (Wildman–Crippen MR) is 164 cm³/mol. The first kappa shape index (κ1) is 24.2. The van der Waals surface area contributed by atoms with E-state index in [0.29, 0.717) is 5.56 Å². The molecule has 4 nitrogen and oxygen atoms in total. The van der Waals surface area contributed by atoms with Crippen LogP contribution in [0.2, 0.25) is 0 Å². The first-order chi connectivity index (χ1) is 19.5. The molecule has 1 unspecified atom stereocenters. The van der Waals surface area contributed by atoms with Gasteiger partial charge >= 0.3 is 0 Å². The highest BCUT2D eigenvalue weighted by atomic mass is 15.2. The number of hydrogen-bond donors (Lipinski definition) is 1. The quantitative estimate of drug-likeness (QED) is 0.263. The van der Waals surface area contributed by atoms with E-state index in [4.69, 9.17) is 4.99 Å². The van der Waals surface area contributed by atoms with Crippen LogP contribution in [0.5, 0.6) is 0 Å². The molecule has 2 aliphatic rings. The highest BCUT2D eigenvalue weighted by Gasteiger charge is 2.27. The van der Waals surface area contributed by atoms with Crippen LogP contribution in [-0.2, 0) is 11.8 Å². The number of benzene rings is 4. The van der Waals surface area contributed by atoms with Gasteiger partial charge in [0.2, 0.25) is 0 Å². The minimum Gasteiger partial charge on any atom is -0.344 e. The van der Waals surface area contributed by atoms with E-state index in [-0.39, 0.29) is 11.6 Å². The molecule has 4 aromatic carbocycles. The van der Waals surface area contributed by atoms with Gasteiger partial charge in [-0.25, -0.2) is 4.99 Å². The second-order valence-corrected chi connectivity index (χ2v) is 11.3. The molecule has 1 N–H and O–H groups in total. The number of nitrogens with zero attached hydrogens (tertiary/aromatic N) is 3. The normalized spacial score (nSPS) is 19.2. The average molecular weight is 519 g/mol. The van der Waals surface area contributed by atoms with Crippen LogP contribution < -0.4 is 5.32 Å². The Hall–Kier alpha value is -4.88. The third-order valence-corrected chi connectivity index (χ3v) is 8.24. The number of nitrogens with one attached hydrogen (secondary N) is 1. The van der Waals surface area contributed by atoms with Crippen molar-refractivity contribution in [1.29, 1.82) is 5.26 Å². The van der Waals surface area contributed by atoms with E-state index in [2.05, 4.69) is 115 Å². The number of allylic oxidation sites excluding steroid dienone is 4. The second-order valence-electron chi connectivity index (χ2n) is 11.3. The van der Waals surface area contributed by atoms with Crippen LogP contribution in [0, 0.1) is 11.3 Å². The molecular formula is C36H30N4. The monoisotopic (exact) mass is 518 g/mol. The molecule has 1 aliphatic heterocycles. The third kappa shape index (κ3) is 3.94. The number of para-hydroxylation sites is 1. The summed E-state index contributed by atoms with van der Waals surface area (Å²) in [6.07, 6.45) is 10.7. The van der Waals surface area contributed by atoms with Crippen molar-refractivity contribution in [1.82, 2.24) is 9.88 Å². The van der Waals surface area contributed by atoms with E-state index < -0.39 is 0 Å². The summed E-state index contributed by atoms with van der Waals surface area (Å²) >= 11 is 0. The maximum atomic E-state index is 9.27. The lowest BCUT2D eigenvalue weighted by atomic mass is 9.78. The van der Waals surface area contributed by atoms with Crippen molar-refractivity contribution in [2.24, 2.45) is 4.99 Å². The van der Waals surface area contributed by atoms with Crippen LogP contribution in [0.3, 0.4) is 0 Å². The molecule has 0 bridgehead atoms. The molecule has 5 aromatic rings. The van der Waals surface area contributed by atoms with Crippen LogP contribution in [0.15, 0.2) is 114 Å². The molecular weight excluding hydrogens is 488 g/mol. The summed E-state index contributed by atoms with van der Waals surface area (Å²) in [4.78, 5) is 4.88. The Morgan fingerprint density at radius 1 is 0.900 bits per heavy atom. The molecule has 0 radical (unpaired) electrons. The minimum absolute atomic E-state index is 0.0254. The van der Waals surface area contributed by atoms with Gasteiger partial charge in [0, 0.05) is 22.0 Å². The molecule has 0 fully saturated rings. The van der Waals surface area contributed by atoms with Crippen molar-refractivity contribution >= 4 is 27.6 Å². The van der Waals surface area contributed by atoms with Gasteiger partial charge in [0.1, 0.15) is 12.0 Å². The van der Waals surface area contributed by atoms with Crippen molar-refractivity contribution in [3.63, 3.8) is 0 Å². The number of nitriles is 1. The van der Waals surface area contributed by atoms with Crippen LogP contribution in [-0.4, -0.2) is 10.4 Å². The zero-order valence-corrected chi connectivity index (χ0v) is 22.7. The van der Waals surface area contributed by atoms with Crippen LogP contribution in [0.1, 0.15) is 54.3 Å². The lowest BCUT2D eigenvalue weighted by Gasteiger charge is -2.28. The van der Waals surface area contributed by atoms with E-state index in [1.165, 1.54) is 32.9 Å². The highest BCUT2D eigenvalue weighted by molar-refractivity contribution is 6.11. The molecule has 1 aliphatic carbocycles. The Morgan fingerprint density at radius 2 is 1.73 bits per heavy atom. The van der Waals surface area contributed by atoms with Crippen molar-refractivity contribution in [2.75, 3.05) is 0 Å². The highest BCUT2D eigenvalue weighted by Crippen LogP contribution is 2.40. The fraction of sp³-hybridized carbons (Fsp3) is 0.167. The Bertz CT molecular complexity index is 1930. The van der Waals surface area contributed by atoms with Gasteiger partial charge in [0.05, 0.1) is 22.7 Å². The van der Waals surface area contributed by atoms with Gasteiger partial charge < -0.3 is 9.88 Å². The summed E-state index contributed by atoms with van der Waals surface area (Å²) in [7, 11) is 0. The summed E-state index contributed by atoms with van der Waals surface area (Å²) in [5, 5.41) is 15.3. The Morgan fingerprint density at radius 3 is 2.60 bits per heavy atom. The fourth-order valence-electron chi connectivity index (χ4n) is 6.20. The van der Waals surface area contributed by atoms with Gasteiger partial charge in [-0.1, -0.05) is 92.7 Å². The van der Waals surface area contributed by atoms with E-state index in [9.17, 15) is 5.26 Å². The van der Waals surface area contributed by atoms with E-state index in [1.807, 2.05) is 24.3 Å². The number of aromatic nitrogens is 1. The van der Waals surface area contributed by atoms with E-state index in [0.717, 1.165) is 35.5 Å². The van der Waals surface area contributed by atoms with Gasteiger partial charge in [-0.3, -0.25) is 0 Å². The molecule has 7 rings (SSSR count). The fourth-order valence-corrected chi connectivity index (χ4v) is 6.20. The summed E-state index contributed by atoms with van der Waals surface area (Å²) in [6.45, 7) is 4.70. The van der Waals surface area contributed by atoms with Crippen LogP contribution in [0.4, 0.5) is 0 Å². The maximum absolute atomic E-state index is 9.27. The Kier molecular flexibility index (Phi) is 5.68. The van der Waals surface area contributed by atoms with E-state index in [1.54, 1.807) is 0 Å². The summed E-state index contributed by atoms with van der Waals surface area (Å²) in [6, 6.07) is 31.9. The molecule has 4 heteroatoms. The molecule has 0 spiro atoms. The Labute approximate surface area is 234 Å². The SMILES string of the molecule is CC1(C)C/C=C\C=C/Cc2c1ccc1c3ccccc3n(-c3cccc(C4=NC(c5cccc(C#N)c5)N4)c3)c21. The largest absolute Gasteiger partial charge is 0.344 e. The van der Waals surface area contributed by atoms with E-state index >= 15 is 0 Å². The van der Waals surface area contributed by atoms with Gasteiger partial charge in [-0.15, -0.1) is 0 Å². The number of hydrogen-bond acceptors (Lipinski definition) is 3. The summed E-state index contributed by atoms with van der Waals surface area (Å²) in [5.41, 5.74) is 9.13. The van der Waals surface area contributed by atoms with Crippen molar-refractivity contribution in [2.45, 2.75) is 38.3 Å². The number of fused-ring (bicyclic) bond motifs is 5. The zero-order chi connectivity index (χ0) is 27.3. The lowest BCUT2D eigenvalue weighted by molar-refractivity contribution is 0.530. The molecule has 0 saturated carbocycles. The lowest BCUT2D eigenvalue weighted by Crippen LogP contribution is -2.38. The standard InChI is InChI=1S/C36H30N4/c1-36(2)20-8-4-3-5-16-30-31(36)19-18-29-28-15-6-7-17-32(28)40(33(29)30)27-14-10-13-26(22-27)35-38-34(39-35)25-12-9-11-24(21-25)23-37/h3-15,17-19,21-22,34H,16,20H2,1-2H3,(H,38,39)/b5-3-,8-4-. The topological polar surface area (TPSA) is 53.1 Å².